The molecule has 0 spiro atoms. The van der Waals surface area contributed by atoms with Gasteiger partial charge in [-0.25, -0.2) is 0 Å². The Bertz CT molecular complexity index is 67.2. The third kappa shape index (κ3) is 31.4. The molecule has 0 amide bonds. The van der Waals surface area contributed by atoms with Crippen LogP contribution in [0.2, 0.25) is 0 Å². The molecule has 0 fully saturated rings. The van der Waals surface area contributed by atoms with E-state index in [-0.39, 0.29) is 26.9 Å². The van der Waals surface area contributed by atoms with Crippen LogP contribution in [0.3, 0.4) is 0 Å². The standard InChI is InChI=1S/C6H15N.C2H7NO.Li.H/c1-5(2)7-6(3)4;3-1-2-4;;/h5-7H,1-4H3;4H,1-3H2;;/q;;+1;-1. The first kappa shape index (κ1) is 18.3. The topological polar surface area (TPSA) is 58.3 Å². The van der Waals surface area contributed by atoms with Crippen molar-refractivity contribution in [2.24, 2.45) is 5.73 Å². The van der Waals surface area contributed by atoms with E-state index in [0.717, 1.165) is 0 Å². The van der Waals surface area contributed by atoms with Gasteiger partial charge in [0.25, 0.3) is 0 Å². The van der Waals surface area contributed by atoms with Gasteiger partial charge < -0.3 is 17.6 Å². The Morgan fingerprint density at radius 2 is 1.50 bits per heavy atom. The molecule has 0 aliphatic rings. The van der Waals surface area contributed by atoms with Gasteiger partial charge in [0.15, 0.2) is 0 Å². The molecule has 3 nitrogen and oxygen atoms in total. The molecule has 0 saturated heterocycles. The van der Waals surface area contributed by atoms with Gasteiger partial charge in [0, 0.05) is 18.6 Å². The molecule has 0 aromatic carbocycles. The van der Waals surface area contributed by atoms with Gasteiger partial charge in [-0.2, -0.15) is 0 Å². The largest absolute Gasteiger partial charge is 1.00 e. The summed E-state index contributed by atoms with van der Waals surface area (Å²) in [5, 5.41) is 11.1. The van der Waals surface area contributed by atoms with Crippen LogP contribution in [0.5, 0.6) is 0 Å². The predicted molar refractivity (Wildman–Crippen MR) is 50.7 cm³/mol. The summed E-state index contributed by atoms with van der Waals surface area (Å²) >= 11 is 0. The average Bonchev–Trinajstić information content (AvgIpc) is 1.85. The maximum absolute atomic E-state index is 7.75. The van der Waals surface area contributed by atoms with E-state index in [4.69, 9.17) is 10.8 Å². The van der Waals surface area contributed by atoms with Gasteiger partial charge in [-0.3, -0.25) is 0 Å². The Balaban J connectivity index is -0.0000000600. The Kier molecular flexibility index (Phi) is 21.4. The molecule has 0 heterocycles. The molecule has 0 aromatic rings. The van der Waals surface area contributed by atoms with Crippen molar-refractivity contribution in [3.05, 3.63) is 0 Å². The third-order valence-electron chi connectivity index (χ3n) is 0.796. The monoisotopic (exact) mass is 170 g/mol. The summed E-state index contributed by atoms with van der Waals surface area (Å²) in [6, 6.07) is 1.25. The van der Waals surface area contributed by atoms with Crippen molar-refractivity contribution in [2.75, 3.05) is 13.2 Å². The fraction of sp³-hybridized carbons (Fsp3) is 1.00. The fourth-order valence-electron chi connectivity index (χ4n) is 0.667. The van der Waals surface area contributed by atoms with E-state index in [1.54, 1.807) is 0 Å². The number of nitrogens with one attached hydrogen (secondary N) is 1. The Morgan fingerprint density at radius 3 is 1.50 bits per heavy atom. The summed E-state index contributed by atoms with van der Waals surface area (Å²) in [6.07, 6.45) is 0. The SMILES string of the molecule is CC(C)NC(C)C.NCCO.[H-].[Li+]. The number of hydrogen-bond donors (Lipinski definition) is 3. The number of rotatable bonds is 3. The zero-order valence-corrected chi connectivity index (χ0v) is 9.09. The van der Waals surface area contributed by atoms with Crippen LogP contribution in [-0.2, 0) is 0 Å². The second-order valence-electron chi connectivity index (χ2n) is 2.99. The van der Waals surface area contributed by atoms with Gasteiger partial charge in [0.2, 0.25) is 0 Å². The summed E-state index contributed by atoms with van der Waals surface area (Å²) in [5.74, 6) is 0. The summed E-state index contributed by atoms with van der Waals surface area (Å²) in [6.45, 7) is 9.08. The van der Waals surface area contributed by atoms with Crippen molar-refractivity contribution >= 4 is 0 Å². The summed E-state index contributed by atoms with van der Waals surface area (Å²) in [7, 11) is 0. The first-order valence-electron chi connectivity index (χ1n) is 4.11. The Labute approximate surface area is 89.8 Å². The van der Waals surface area contributed by atoms with Gasteiger partial charge in [-0.05, 0) is 0 Å². The molecule has 0 saturated carbocycles. The van der Waals surface area contributed by atoms with Crippen LogP contribution < -0.4 is 29.9 Å². The first-order chi connectivity index (χ1) is 5.04. The molecule has 4 heteroatoms. The predicted octanol–water partition coefficient (Wildman–Crippen LogP) is -2.55. The van der Waals surface area contributed by atoms with E-state index in [9.17, 15) is 0 Å². The molecule has 4 N–H and O–H groups in total. The molecule has 0 rings (SSSR count). The van der Waals surface area contributed by atoms with Gasteiger partial charge >= 0.3 is 18.9 Å². The van der Waals surface area contributed by atoms with Crippen LogP contribution in [0, 0.1) is 0 Å². The maximum atomic E-state index is 7.75. The van der Waals surface area contributed by atoms with E-state index in [1.807, 2.05) is 0 Å². The zero-order chi connectivity index (χ0) is 9.28. The van der Waals surface area contributed by atoms with Crippen molar-refractivity contribution in [1.29, 1.82) is 0 Å². The van der Waals surface area contributed by atoms with Crippen LogP contribution in [0.4, 0.5) is 0 Å². The molecule has 0 aliphatic heterocycles. The molecule has 0 bridgehead atoms. The molecule has 12 heavy (non-hydrogen) atoms. The minimum absolute atomic E-state index is 0. The summed E-state index contributed by atoms with van der Waals surface area (Å²) in [4.78, 5) is 0. The smallest absolute Gasteiger partial charge is 1.00 e. The van der Waals surface area contributed by atoms with Crippen molar-refractivity contribution < 1.29 is 25.4 Å². The maximum Gasteiger partial charge on any atom is 1.00 e. The van der Waals surface area contributed by atoms with E-state index in [2.05, 4.69) is 33.0 Å². The molecular formula is C8H23LiN2O. The number of aliphatic hydroxyl groups is 1. The van der Waals surface area contributed by atoms with Crippen LogP contribution in [0.1, 0.15) is 29.1 Å². The quantitative estimate of drug-likeness (QED) is 0.409. The molecule has 0 radical (unpaired) electrons. The molecular weight excluding hydrogens is 147 g/mol. The van der Waals surface area contributed by atoms with Crippen molar-refractivity contribution in [3.8, 4) is 0 Å². The van der Waals surface area contributed by atoms with Gasteiger partial charge in [-0.1, -0.05) is 27.7 Å². The summed E-state index contributed by atoms with van der Waals surface area (Å²) < 4.78 is 0. The molecule has 0 atom stereocenters. The van der Waals surface area contributed by atoms with E-state index in [0.29, 0.717) is 18.6 Å². The van der Waals surface area contributed by atoms with Gasteiger partial charge in [-0.15, -0.1) is 0 Å². The van der Waals surface area contributed by atoms with Crippen LogP contribution >= 0.6 is 0 Å². The zero-order valence-electron chi connectivity index (χ0n) is 10.1. The number of aliphatic hydroxyl groups excluding tert-OH is 1. The first-order valence-corrected chi connectivity index (χ1v) is 4.11. The van der Waals surface area contributed by atoms with Crippen LogP contribution in [0.15, 0.2) is 0 Å². The molecule has 0 aromatic heterocycles. The van der Waals surface area contributed by atoms with Crippen LogP contribution in [0.25, 0.3) is 0 Å². The van der Waals surface area contributed by atoms with Crippen molar-refractivity contribution in [3.63, 3.8) is 0 Å². The van der Waals surface area contributed by atoms with E-state index >= 15 is 0 Å². The van der Waals surface area contributed by atoms with Crippen molar-refractivity contribution in [1.82, 2.24) is 5.32 Å². The molecule has 0 unspecified atom stereocenters. The third-order valence-corrected chi connectivity index (χ3v) is 0.796. The molecule has 0 aliphatic carbocycles. The fourth-order valence-corrected chi connectivity index (χ4v) is 0.667. The van der Waals surface area contributed by atoms with Crippen LogP contribution in [-0.4, -0.2) is 30.3 Å². The summed E-state index contributed by atoms with van der Waals surface area (Å²) in [5.41, 5.74) is 4.78. The number of nitrogens with two attached hydrogens (primary N) is 1. The Hall–Kier alpha value is 0.477. The van der Waals surface area contributed by atoms with Gasteiger partial charge in [0.05, 0.1) is 6.61 Å². The van der Waals surface area contributed by atoms with E-state index < -0.39 is 0 Å². The second kappa shape index (κ2) is 14.0. The minimum atomic E-state index is 0. The van der Waals surface area contributed by atoms with Crippen molar-refractivity contribution in [2.45, 2.75) is 39.8 Å². The minimum Gasteiger partial charge on any atom is -1.00 e. The normalized spacial score (nSPS) is 9.00. The van der Waals surface area contributed by atoms with E-state index in [1.165, 1.54) is 0 Å². The molecule has 72 valence electrons. The number of hydrogen-bond acceptors (Lipinski definition) is 3. The van der Waals surface area contributed by atoms with Gasteiger partial charge in [0.1, 0.15) is 0 Å². The Morgan fingerprint density at radius 1 is 1.25 bits per heavy atom. The second-order valence-corrected chi connectivity index (χ2v) is 2.99. The average molecular weight is 170 g/mol.